The number of amides is 2. The lowest BCUT2D eigenvalue weighted by Gasteiger charge is -2.27. The van der Waals surface area contributed by atoms with E-state index < -0.39 is 4.92 Å². The molecule has 0 aliphatic heterocycles. The van der Waals surface area contributed by atoms with Crippen molar-refractivity contribution >= 4 is 17.5 Å². The number of rotatable bonds is 9. The molecule has 0 radical (unpaired) electrons. The van der Waals surface area contributed by atoms with Gasteiger partial charge in [-0.05, 0) is 32.8 Å². The second kappa shape index (κ2) is 9.81. The number of nitro groups is 1. The molecule has 0 unspecified atom stereocenters. The molecule has 2 amide bonds. The van der Waals surface area contributed by atoms with Crippen LogP contribution in [0.4, 0.5) is 5.69 Å². The molecular formula is C20H26N4O5. The van der Waals surface area contributed by atoms with Crippen LogP contribution in [0.2, 0.25) is 0 Å². The molecule has 2 aromatic rings. The number of nitrogens with zero attached hydrogens (tertiary/aromatic N) is 3. The van der Waals surface area contributed by atoms with Gasteiger partial charge in [-0.25, -0.2) is 4.98 Å². The number of non-ortho nitro benzene ring substituents is 1. The van der Waals surface area contributed by atoms with Crippen molar-refractivity contribution in [2.75, 3.05) is 0 Å². The van der Waals surface area contributed by atoms with Gasteiger partial charge in [0.1, 0.15) is 6.26 Å². The predicted molar refractivity (Wildman–Crippen MR) is 106 cm³/mol. The summed E-state index contributed by atoms with van der Waals surface area (Å²) < 4.78 is 5.40. The van der Waals surface area contributed by atoms with Crippen molar-refractivity contribution in [3.8, 4) is 0 Å². The number of nitro benzene ring substituents is 1. The molecule has 1 N–H and O–H groups in total. The summed E-state index contributed by atoms with van der Waals surface area (Å²) in [7, 11) is 0. The van der Waals surface area contributed by atoms with Crippen molar-refractivity contribution in [1.82, 2.24) is 15.2 Å². The summed E-state index contributed by atoms with van der Waals surface area (Å²) in [6.45, 7) is 7.70. The number of carbonyl (C=O) groups excluding carboxylic acids is 2. The van der Waals surface area contributed by atoms with Crippen LogP contribution >= 0.6 is 0 Å². The van der Waals surface area contributed by atoms with E-state index in [0.29, 0.717) is 6.42 Å². The van der Waals surface area contributed by atoms with Crippen LogP contribution in [0.15, 0.2) is 34.9 Å². The van der Waals surface area contributed by atoms with Gasteiger partial charge in [0.15, 0.2) is 5.69 Å². The maximum atomic E-state index is 13.0. The fourth-order valence-electron chi connectivity index (χ4n) is 2.60. The SMILES string of the molecule is CC[C@@H](C)N(Cc1nc(C(=O)N[C@@H](C)CC)co1)C(=O)c1cccc([N+](=O)[O-])c1. The highest BCUT2D eigenvalue weighted by Crippen LogP contribution is 2.19. The Bertz CT molecular complexity index is 879. The molecule has 9 nitrogen and oxygen atoms in total. The zero-order valence-electron chi connectivity index (χ0n) is 17.0. The van der Waals surface area contributed by atoms with Crippen molar-refractivity contribution in [2.24, 2.45) is 0 Å². The van der Waals surface area contributed by atoms with Gasteiger partial charge in [0, 0.05) is 29.8 Å². The Morgan fingerprint density at radius 3 is 2.62 bits per heavy atom. The van der Waals surface area contributed by atoms with Gasteiger partial charge in [-0.15, -0.1) is 0 Å². The van der Waals surface area contributed by atoms with Gasteiger partial charge in [0.25, 0.3) is 17.5 Å². The summed E-state index contributed by atoms with van der Waals surface area (Å²) in [5.74, 6) is -0.486. The summed E-state index contributed by atoms with van der Waals surface area (Å²) in [6, 6.07) is 5.44. The van der Waals surface area contributed by atoms with E-state index in [9.17, 15) is 19.7 Å². The lowest BCUT2D eigenvalue weighted by atomic mass is 10.1. The van der Waals surface area contributed by atoms with Crippen molar-refractivity contribution in [3.05, 3.63) is 57.8 Å². The van der Waals surface area contributed by atoms with Crippen LogP contribution in [0.25, 0.3) is 0 Å². The maximum absolute atomic E-state index is 13.0. The van der Waals surface area contributed by atoms with Gasteiger partial charge >= 0.3 is 0 Å². The Balaban J connectivity index is 2.22. The normalized spacial score (nSPS) is 12.8. The minimum atomic E-state index is -0.541. The third-order valence-electron chi connectivity index (χ3n) is 4.77. The molecule has 0 fully saturated rings. The molecule has 0 aliphatic carbocycles. The maximum Gasteiger partial charge on any atom is 0.273 e. The summed E-state index contributed by atoms with van der Waals surface area (Å²) in [5.41, 5.74) is 0.202. The van der Waals surface area contributed by atoms with Gasteiger partial charge in [0.2, 0.25) is 5.89 Å². The van der Waals surface area contributed by atoms with Crippen molar-refractivity contribution in [2.45, 2.75) is 59.2 Å². The van der Waals surface area contributed by atoms with E-state index in [1.54, 1.807) is 0 Å². The number of benzene rings is 1. The van der Waals surface area contributed by atoms with Crippen LogP contribution in [0.5, 0.6) is 0 Å². The fraction of sp³-hybridized carbons (Fsp3) is 0.450. The molecule has 156 valence electrons. The topological polar surface area (TPSA) is 119 Å². The largest absolute Gasteiger partial charge is 0.446 e. The van der Waals surface area contributed by atoms with E-state index in [4.69, 9.17) is 4.42 Å². The number of hydrogen-bond donors (Lipinski definition) is 1. The van der Waals surface area contributed by atoms with Gasteiger partial charge in [-0.3, -0.25) is 19.7 Å². The lowest BCUT2D eigenvalue weighted by molar-refractivity contribution is -0.384. The molecule has 2 rings (SSSR count). The van der Waals surface area contributed by atoms with Gasteiger partial charge < -0.3 is 14.6 Å². The molecule has 1 aromatic heterocycles. The van der Waals surface area contributed by atoms with Crippen LogP contribution in [0.1, 0.15) is 67.3 Å². The lowest BCUT2D eigenvalue weighted by Crippen LogP contribution is -2.38. The van der Waals surface area contributed by atoms with Gasteiger partial charge in [-0.1, -0.05) is 19.9 Å². The van der Waals surface area contributed by atoms with Crippen LogP contribution in [0.3, 0.4) is 0 Å². The van der Waals surface area contributed by atoms with Crippen molar-refractivity contribution in [3.63, 3.8) is 0 Å². The van der Waals surface area contributed by atoms with Crippen molar-refractivity contribution < 1.29 is 18.9 Å². The standard InChI is InChI=1S/C20H26N4O5/c1-5-13(3)21-19(25)17-12-29-18(22-17)11-23(14(4)6-2)20(26)15-8-7-9-16(10-15)24(27)28/h7-10,12-14H,5-6,11H2,1-4H3,(H,21,25)/t13-,14+/m0/s1. The zero-order valence-corrected chi connectivity index (χ0v) is 17.0. The summed E-state index contributed by atoms with van der Waals surface area (Å²) >= 11 is 0. The first-order chi connectivity index (χ1) is 13.8. The minimum Gasteiger partial charge on any atom is -0.446 e. The average Bonchev–Trinajstić information content (AvgIpc) is 3.19. The first kappa shape index (κ1) is 22.1. The van der Waals surface area contributed by atoms with Gasteiger partial charge in [0.05, 0.1) is 11.5 Å². The van der Waals surface area contributed by atoms with Crippen LogP contribution in [-0.2, 0) is 6.54 Å². The third kappa shape index (κ3) is 5.63. The van der Waals surface area contributed by atoms with Crippen molar-refractivity contribution in [1.29, 1.82) is 0 Å². The van der Waals surface area contributed by atoms with E-state index >= 15 is 0 Å². The van der Waals surface area contributed by atoms with E-state index in [-0.39, 0.29) is 53.3 Å². The average molecular weight is 402 g/mol. The second-order valence-corrected chi connectivity index (χ2v) is 6.91. The zero-order chi connectivity index (χ0) is 21.6. The molecular weight excluding hydrogens is 376 g/mol. The highest BCUT2D eigenvalue weighted by molar-refractivity contribution is 5.95. The molecule has 0 spiro atoms. The highest BCUT2D eigenvalue weighted by Gasteiger charge is 2.25. The predicted octanol–water partition coefficient (Wildman–Crippen LogP) is 3.55. The first-order valence-corrected chi connectivity index (χ1v) is 9.57. The molecule has 0 saturated carbocycles. The second-order valence-electron chi connectivity index (χ2n) is 6.91. The number of hydrogen-bond acceptors (Lipinski definition) is 6. The molecule has 9 heteroatoms. The smallest absolute Gasteiger partial charge is 0.273 e. The van der Waals surface area contributed by atoms with Crippen LogP contribution in [0, 0.1) is 10.1 Å². The Hall–Kier alpha value is -3.23. The Morgan fingerprint density at radius 1 is 1.28 bits per heavy atom. The fourth-order valence-corrected chi connectivity index (χ4v) is 2.60. The molecule has 2 atom stereocenters. The number of aromatic nitrogens is 1. The minimum absolute atomic E-state index is 0.00899. The Morgan fingerprint density at radius 2 is 2.00 bits per heavy atom. The van der Waals surface area contributed by atoms with Crippen LogP contribution < -0.4 is 5.32 Å². The molecule has 0 aliphatic rings. The number of nitrogens with one attached hydrogen (secondary N) is 1. The monoisotopic (exact) mass is 402 g/mol. The van der Waals surface area contributed by atoms with E-state index in [1.807, 2.05) is 27.7 Å². The summed E-state index contributed by atoms with van der Waals surface area (Å²) in [5, 5.41) is 13.8. The van der Waals surface area contributed by atoms with E-state index in [1.165, 1.54) is 35.4 Å². The molecule has 0 bridgehead atoms. The quantitative estimate of drug-likeness (QED) is 0.506. The van der Waals surface area contributed by atoms with Crippen LogP contribution in [-0.4, -0.2) is 38.7 Å². The van der Waals surface area contributed by atoms with E-state index in [2.05, 4.69) is 10.3 Å². The van der Waals surface area contributed by atoms with E-state index in [0.717, 1.165) is 6.42 Å². The molecule has 29 heavy (non-hydrogen) atoms. The summed E-state index contributed by atoms with van der Waals surface area (Å²) in [4.78, 5) is 41.4. The number of carbonyl (C=O) groups is 2. The summed E-state index contributed by atoms with van der Waals surface area (Å²) in [6.07, 6.45) is 2.72. The Labute approximate surface area is 169 Å². The highest BCUT2D eigenvalue weighted by atomic mass is 16.6. The van der Waals surface area contributed by atoms with Gasteiger partial charge in [-0.2, -0.15) is 0 Å². The number of oxazole rings is 1. The Kier molecular flexibility index (Phi) is 7.46. The molecule has 0 saturated heterocycles. The third-order valence-corrected chi connectivity index (χ3v) is 4.77. The molecule has 1 heterocycles. The molecule has 1 aromatic carbocycles. The first-order valence-electron chi connectivity index (χ1n) is 9.57.